The molecule has 0 aliphatic heterocycles. The van der Waals surface area contributed by atoms with Crippen molar-refractivity contribution in [1.29, 1.82) is 0 Å². The average Bonchev–Trinajstić information content (AvgIpc) is 2.43. The summed E-state index contributed by atoms with van der Waals surface area (Å²) < 4.78 is 5.44. The quantitative estimate of drug-likeness (QED) is 0.779. The van der Waals surface area contributed by atoms with Crippen LogP contribution in [-0.4, -0.2) is 6.04 Å². The van der Waals surface area contributed by atoms with Gasteiger partial charge >= 0.3 is 0 Å². The second-order valence-electron chi connectivity index (χ2n) is 4.33. The molecule has 2 rings (SSSR count). The standard InChI is InChI=1S/C11H16ClNO/c1-6-3-4-9-8(5-10(12)14-9)11(6)7(2)13/h5-7,11H,3-4,13H2,1-2H3. The highest BCUT2D eigenvalue weighted by molar-refractivity contribution is 6.28. The van der Waals surface area contributed by atoms with Crippen molar-refractivity contribution in [2.45, 2.75) is 38.6 Å². The number of fused-ring (bicyclic) bond motifs is 1. The summed E-state index contributed by atoms with van der Waals surface area (Å²) in [5.41, 5.74) is 7.22. The van der Waals surface area contributed by atoms with Crippen LogP contribution in [0.2, 0.25) is 5.22 Å². The second-order valence-corrected chi connectivity index (χ2v) is 4.70. The Labute approximate surface area is 89.4 Å². The SMILES string of the molecule is CC(N)C1c2cc(Cl)oc2CCC1C. The molecule has 0 radical (unpaired) electrons. The minimum absolute atomic E-state index is 0.165. The van der Waals surface area contributed by atoms with Crippen molar-refractivity contribution in [3.8, 4) is 0 Å². The molecule has 0 aromatic carbocycles. The van der Waals surface area contributed by atoms with Crippen LogP contribution in [0.4, 0.5) is 0 Å². The summed E-state index contributed by atoms with van der Waals surface area (Å²) >= 11 is 5.86. The fraction of sp³-hybridized carbons (Fsp3) is 0.636. The Hall–Kier alpha value is -0.470. The van der Waals surface area contributed by atoms with Gasteiger partial charge in [-0.15, -0.1) is 0 Å². The molecule has 0 fully saturated rings. The van der Waals surface area contributed by atoms with Gasteiger partial charge in [-0.2, -0.15) is 0 Å². The van der Waals surface area contributed by atoms with Crippen molar-refractivity contribution in [2.75, 3.05) is 0 Å². The van der Waals surface area contributed by atoms with Crippen LogP contribution < -0.4 is 5.73 Å². The minimum atomic E-state index is 0.165. The van der Waals surface area contributed by atoms with Crippen LogP contribution in [0.1, 0.15) is 37.5 Å². The lowest BCUT2D eigenvalue weighted by Gasteiger charge is -2.31. The fourth-order valence-electron chi connectivity index (χ4n) is 2.53. The Kier molecular flexibility index (Phi) is 2.58. The number of aryl methyl sites for hydroxylation is 1. The van der Waals surface area contributed by atoms with Crippen LogP contribution in [0, 0.1) is 5.92 Å². The maximum Gasteiger partial charge on any atom is 0.193 e. The lowest BCUT2D eigenvalue weighted by Crippen LogP contribution is -2.32. The van der Waals surface area contributed by atoms with E-state index in [1.807, 2.05) is 6.07 Å². The van der Waals surface area contributed by atoms with Crippen LogP contribution in [0.15, 0.2) is 10.5 Å². The van der Waals surface area contributed by atoms with Crippen LogP contribution in [-0.2, 0) is 6.42 Å². The van der Waals surface area contributed by atoms with E-state index in [-0.39, 0.29) is 6.04 Å². The number of furan rings is 1. The third-order valence-corrected chi connectivity index (χ3v) is 3.36. The van der Waals surface area contributed by atoms with Gasteiger partial charge in [0.15, 0.2) is 5.22 Å². The summed E-state index contributed by atoms with van der Waals surface area (Å²) in [6.45, 7) is 4.30. The molecule has 3 heteroatoms. The Morgan fingerprint density at radius 3 is 3.00 bits per heavy atom. The Balaban J connectivity index is 2.40. The molecule has 1 aromatic rings. The first kappa shape index (κ1) is 10.1. The van der Waals surface area contributed by atoms with E-state index < -0.39 is 0 Å². The highest BCUT2D eigenvalue weighted by Crippen LogP contribution is 2.40. The largest absolute Gasteiger partial charge is 0.449 e. The third-order valence-electron chi connectivity index (χ3n) is 3.18. The van der Waals surface area contributed by atoms with Gasteiger partial charge in [0.05, 0.1) is 0 Å². The lowest BCUT2D eigenvalue weighted by atomic mass is 9.76. The molecule has 0 amide bonds. The maximum absolute atomic E-state index is 6.00. The molecule has 78 valence electrons. The van der Waals surface area contributed by atoms with Crippen LogP contribution in [0.25, 0.3) is 0 Å². The summed E-state index contributed by atoms with van der Waals surface area (Å²) in [4.78, 5) is 0. The molecule has 0 saturated heterocycles. The molecule has 3 atom stereocenters. The van der Waals surface area contributed by atoms with E-state index in [1.54, 1.807) is 0 Å². The van der Waals surface area contributed by atoms with E-state index in [2.05, 4.69) is 13.8 Å². The zero-order valence-electron chi connectivity index (χ0n) is 8.59. The molecule has 2 N–H and O–H groups in total. The van der Waals surface area contributed by atoms with Crippen molar-refractivity contribution in [3.63, 3.8) is 0 Å². The minimum Gasteiger partial charge on any atom is -0.449 e. The molecule has 3 unspecified atom stereocenters. The van der Waals surface area contributed by atoms with Crippen LogP contribution in [0.3, 0.4) is 0 Å². The number of hydrogen-bond donors (Lipinski definition) is 1. The molecule has 0 saturated carbocycles. The topological polar surface area (TPSA) is 39.2 Å². The molecule has 14 heavy (non-hydrogen) atoms. The van der Waals surface area contributed by atoms with Gasteiger partial charge in [0.2, 0.25) is 0 Å². The maximum atomic E-state index is 6.00. The van der Waals surface area contributed by atoms with Gasteiger partial charge in [0.25, 0.3) is 0 Å². The van der Waals surface area contributed by atoms with Gasteiger partial charge in [0.1, 0.15) is 5.76 Å². The summed E-state index contributed by atoms with van der Waals surface area (Å²) in [7, 11) is 0. The summed E-state index contributed by atoms with van der Waals surface area (Å²) in [6.07, 6.45) is 2.13. The number of halogens is 1. The van der Waals surface area contributed by atoms with Gasteiger partial charge < -0.3 is 10.2 Å². The highest BCUT2D eigenvalue weighted by atomic mass is 35.5. The van der Waals surface area contributed by atoms with Gasteiger partial charge in [0, 0.05) is 23.9 Å². The van der Waals surface area contributed by atoms with Gasteiger partial charge in [-0.1, -0.05) is 6.92 Å². The van der Waals surface area contributed by atoms with E-state index in [0.29, 0.717) is 17.1 Å². The Morgan fingerprint density at radius 1 is 1.64 bits per heavy atom. The second kappa shape index (κ2) is 3.59. The van der Waals surface area contributed by atoms with Gasteiger partial charge in [-0.25, -0.2) is 0 Å². The predicted molar refractivity (Wildman–Crippen MR) is 57.6 cm³/mol. The molecular weight excluding hydrogens is 198 g/mol. The zero-order valence-corrected chi connectivity index (χ0v) is 9.34. The van der Waals surface area contributed by atoms with Crippen molar-refractivity contribution < 1.29 is 4.42 Å². The third kappa shape index (κ3) is 1.57. The van der Waals surface area contributed by atoms with Crippen LogP contribution >= 0.6 is 11.6 Å². The van der Waals surface area contributed by atoms with Crippen molar-refractivity contribution in [3.05, 3.63) is 22.6 Å². The molecule has 1 aliphatic rings. The van der Waals surface area contributed by atoms with Crippen molar-refractivity contribution in [2.24, 2.45) is 11.7 Å². The first-order chi connectivity index (χ1) is 6.59. The molecule has 0 spiro atoms. The Bertz CT molecular complexity index is 332. The molecule has 1 heterocycles. The monoisotopic (exact) mass is 213 g/mol. The smallest absolute Gasteiger partial charge is 0.193 e. The highest BCUT2D eigenvalue weighted by Gasteiger charge is 2.31. The lowest BCUT2D eigenvalue weighted by molar-refractivity contribution is 0.336. The number of hydrogen-bond acceptors (Lipinski definition) is 2. The predicted octanol–water partition coefficient (Wildman–Crippen LogP) is 2.95. The van der Waals surface area contributed by atoms with Gasteiger partial charge in [-0.3, -0.25) is 0 Å². The van der Waals surface area contributed by atoms with E-state index in [1.165, 1.54) is 5.56 Å². The fourth-order valence-corrected chi connectivity index (χ4v) is 2.74. The summed E-state index contributed by atoms with van der Waals surface area (Å²) in [5.74, 6) is 2.06. The Morgan fingerprint density at radius 2 is 2.36 bits per heavy atom. The molecule has 1 aliphatic carbocycles. The first-order valence-electron chi connectivity index (χ1n) is 5.13. The number of rotatable bonds is 1. The number of nitrogens with two attached hydrogens (primary N) is 1. The normalized spacial score (nSPS) is 28.6. The van der Waals surface area contributed by atoms with Crippen molar-refractivity contribution in [1.82, 2.24) is 0 Å². The summed E-state index contributed by atoms with van der Waals surface area (Å²) in [5, 5.41) is 0.495. The van der Waals surface area contributed by atoms with Crippen LogP contribution in [0.5, 0.6) is 0 Å². The van der Waals surface area contributed by atoms with E-state index in [4.69, 9.17) is 21.8 Å². The molecule has 2 nitrogen and oxygen atoms in total. The molecular formula is C11H16ClNO. The summed E-state index contributed by atoms with van der Waals surface area (Å²) in [6, 6.07) is 2.10. The average molecular weight is 214 g/mol. The van der Waals surface area contributed by atoms with E-state index in [0.717, 1.165) is 18.6 Å². The van der Waals surface area contributed by atoms with Gasteiger partial charge in [-0.05, 0) is 36.9 Å². The first-order valence-corrected chi connectivity index (χ1v) is 5.51. The molecule has 0 bridgehead atoms. The van der Waals surface area contributed by atoms with E-state index >= 15 is 0 Å². The van der Waals surface area contributed by atoms with Crippen molar-refractivity contribution >= 4 is 11.6 Å². The van der Waals surface area contributed by atoms with E-state index in [9.17, 15) is 0 Å². The zero-order chi connectivity index (χ0) is 10.3. The molecule has 1 aromatic heterocycles.